The summed E-state index contributed by atoms with van der Waals surface area (Å²) in [6.45, 7) is 3.97. The molecule has 2 aromatic carbocycles. The molecule has 11 heteroatoms. The molecule has 0 aliphatic rings. The zero-order chi connectivity index (χ0) is 22.7. The third-order valence-electron chi connectivity index (χ3n) is 4.54. The van der Waals surface area contributed by atoms with Gasteiger partial charge in [0.15, 0.2) is 5.16 Å². The number of thioether (sulfide) groups is 1. The van der Waals surface area contributed by atoms with Crippen molar-refractivity contribution in [1.82, 2.24) is 30.0 Å². The second-order valence-corrected chi connectivity index (χ2v) is 8.02. The summed E-state index contributed by atoms with van der Waals surface area (Å²) in [5.74, 6) is -0.575. The molecule has 0 saturated carbocycles. The predicted octanol–water partition coefficient (Wildman–Crippen LogP) is 2.44. The summed E-state index contributed by atoms with van der Waals surface area (Å²) in [6, 6.07) is 13.4. The van der Waals surface area contributed by atoms with E-state index in [0.29, 0.717) is 32.4 Å². The van der Waals surface area contributed by atoms with Crippen molar-refractivity contribution in [1.29, 1.82) is 0 Å². The van der Waals surface area contributed by atoms with Gasteiger partial charge >= 0.3 is 0 Å². The normalized spacial score (nSPS) is 10.9. The number of carbonyl (C=O) groups is 2. The minimum Gasteiger partial charge on any atom is -0.272 e. The molecule has 0 aliphatic heterocycles. The minimum absolute atomic E-state index is 0.0311. The van der Waals surface area contributed by atoms with Crippen LogP contribution in [-0.2, 0) is 11.3 Å². The lowest BCUT2D eigenvalue weighted by molar-refractivity contribution is -0.119. The molecular formula is C21H17ClN6O3S. The van der Waals surface area contributed by atoms with Crippen LogP contribution < -0.4 is 16.4 Å². The van der Waals surface area contributed by atoms with E-state index in [1.54, 1.807) is 52.9 Å². The fraction of sp³-hybridized carbons (Fsp3) is 0.0952. The summed E-state index contributed by atoms with van der Waals surface area (Å²) < 4.78 is 3.20. The number of amides is 2. The van der Waals surface area contributed by atoms with Gasteiger partial charge < -0.3 is 0 Å². The Labute approximate surface area is 191 Å². The molecule has 9 nitrogen and oxygen atoms in total. The minimum atomic E-state index is -0.465. The van der Waals surface area contributed by atoms with E-state index in [9.17, 15) is 14.4 Å². The topological polar surface area (TPSA) is 110 Å². The highest BCUT2D eigenvalue weighted by Crippen LogP contribution is 2.21. The van der Waals surface area contributed by atoms with Crippen LogP contribution >= 0.6 is 23.4 Å². The van der Waals surface area contributed by atoms with Gasteiger partial charge in [-0.2, -0.15) is 0 Å². The number of allylic oxidation sites excluding steroid dienone is 1. The Kier molecular flexibility index (Phi) is 6.24. The molecule has 2 heterocycles. The maximum Gasteiger partial charge on any atom is 0.269 e. The smallest absolute Gasteiger partial charge is 0.269 e. The average Bonchev–Trinajstić information content (AvgIpc) is 3.23. The maximum atomic E-state index is 12.8. The van der Waals surface area contributed by atoms with Crippen LogP contribution in [0.2, 0.25) is 5.02 Å². The zero-order valence-electron chi connectivity index (χ0n) is 16.6. The molecule has 4 rings (SSSR count). The third-order valence-corrected chi connectivity index (χ3v) is 5.73. The van der Waals surface area contributed by atoms with Gasteiger partial charge in [-0.25, -0.2) is 0 Å². The van der Waals surface area contributed by atoms with E-state index in [4.69, 9.17) is 11.6 Å². The van der Waals surface area contributed by atoms with Crippen molar-refractivity contribution in [2.45, 2.75) is 11.7 Å². The Bertz CT molecular complexity index is 1400. The lowest BCUT2D eigenvalue weighted by atomic mass is 10.2. The molecule has 2 N–H and O–H groups in total. The molecule has 2 amide bonds. The van der Waals surface area contributed by atoms with E-state index in [0.717, 1.165) is 11.8 Å². The highest BCUT2D eigenvalue weighted by molar-refractivity contribution is 7.99. The van der Waals surface area contributed by atoms with Crippen LogP contribution in [0.1, 0.15) is 10.4 Å². The molecule has 0 spiro atoms. The lowest BCUT2D eigenvalue weighted by Gasteiger charge is -2.10. The quantitative estimate of drug-likeness (QED) is 0.255. The number of fused-ring (bicyclic) bond motifs is 3. The molecule has 0 bridgehead atoms. The van der Waals surface area contributed by atoms with Crippen molar-refractivity contribution in [3.05, 3.63) is 82.1 Å². The third kappa shape index (κ3) is 4.23. The monoisotopic (exact) mass is 468 g/mol. The van der Waals surface area contributed by atoms with E-state index in [-0.39, 0.29) is 17.9 Å². The Morgan fingerprint density at radius 2 is 1.84 bits per heavy atom. The molecule has 32 heavy (non-hydrogen) atoms. The van der Waals surface area contributed by atoms with E-state index in [2.05, 4.69) is 27.6 Å². The summed E-state index contributed by atoms with van der Waals surface area (Å²) in [7, 11) is 0. The summed E-state index contributed by atoms with van der Waals surface area (Å²) in [5.41, 5.74) is 5.52. The van der Waals surface area contributed by atoms with Crippen LogP contribution in [0.3, 0.4) is 0 Å². The first kappa shape index (κ1) is 21.6. The van der Waals surface area contributed by atoms with Crippen LogP contribution in [0.4, 0.5) is 0 Å². The second kappa shape index (κ2) is 9.25. The van der Waals surface area contributed by atoms with E-state index < -0.39 is 11.8 Å². The van der Waals surface area contributed by atoms with Crippen LogP contribution in [0.25, 0.3) is 16.7 Å². The number of hydrazine groups is 1. The number of halogens is 1. The Morgan fingerprint density at radius 3 is 2.59 bits per heavy atom. The molecule has 0 radical (unpaired) electrons. The predicted molar refractivity (Wildman–Crippen MR) is 123 cm³/mol. The van der Waals surface area contributed by atoms with Crippen LogP contribution in [0, 0.1) is 0 Å². The first-order valence-electron chi connectivity index (χ1n) is 9.44. The van der Waals surface area contributed by atoms with Gasteiger partial charge in [-0.1, -0.05) is 41.6 Å². The number of carbonyl (C=O) groups excluding carboxylic acids is 2. The molecule has 2 aromatic heterocycles. The van der Waals surface area contributed by atoms with Crippen molar-refractivity contribution >= 4 is 51.9 Å². The average molecular weight is 469 g/mol. The van der Waals surface area contributed by atoms with Gasteiger partial charge in [-0.15, -0.1) is 16.8 Å². The fourth-order valence-corrected chi connectivity index (χ4v) is 3.95. The fourth-order valence-electron chi connectivity index (χ4n) is 3.09. The van der Waals surface area contributed by atoms with Gasteiger partial charge in [0, 0.05) is 17.1 Å². The standard InChI is InChI=1S/C21H17ClN6O3S/c1-2-11-27-19(31)15-5-3-4-6-16(15)28-20(27)25-26-21(28)32-12-17(29)23-24-18(30)13-7-9-14(22)10-8-13/h2-10H,1,11-12H2,(H,23,29)(H,24,30). The van der Waals surface area contributed by atoms with E-state index in [1.807, 2.05) is 6.07 Å². The summed E-state index contributed by atoms with van der Waals surface area (Å²) >= 11 is 6.94. The molecule has 162 valence electrons. The molecule has 0 unspecified atom stereocenters. The van der Waals surface area contributed by atoms with Crippen molar-refractivity contribution < 1.29 is 9.59 Å². The van der Waals surface area contributed by atoms with Crippen molar-refractivity contribution in [2.24, 2.45) is 0 Å². The van der Waals surface area contributed by atoms with Crippen LogP contribution in [-0.4, -0.2) is 36.7 Å². The van der Waals surface area contributed by atoms with Crippen LogP contribution in [0.5, 0.6) is 0 Å². The van der Waals surface area contributed by atoms with Gasteiger partial charge in [-0.3, -0.25) is 34.2 Å². The molecule has 0 aliphatic carbocycles. The van der Waals surface area contributed by atoms with Crippen molar-refractivity contribution in [2.75, 3.05) is 5.75 Å². The number of hydrogen-bond donors (Lipinski definition) is 2. The van der Waals surface area contributed by atoms with Crippen LogP contribution in [0.15, 0.2) is 71.1 Å². The Morgan fingerprint density at radius 1 is 1.09 bits per heavy atom. The van der Waals surface area contributed by atoms with Crippen molar-refractivity contribution in [3.63, 3.8) is 0 Å². The highest BCUT2D eigenvalue weighted by Gasteiger charge is 2.17. The number of benzene rings is 2. The lowest BCUT2D eigenvalue weighted by Crippen LogP contribution is -2.42. The van der Waals surface area contributed by atoms with Gasteiger partial charge in [0.25, 0.3) is 11.5 Å². The molecular weight excluding hydrogens is 452 g/mol. The number of hydrogen-bond acceptors (Lipinski definition) is 6. The number of para-hydroxylation sites is 1. The maximum absolute atomic E-state index is 12.8. The number of aromatic nitrogens is 4. The van der Waals surface area contributed by atoms with E-state index >= 15 is 0 Å². The number of nitrogens with one attached hydrogen (secondary N) is 2. The SMILES string of the molecule is C=CCn1c(=O)c2ccccc2n2c(SCC(=O)NNC(=O)c3ccc(Cl)cc3)nnc12. The van der Waals surface area contributed by atoms with Gasteiger partial charge in [-0.05, 0) is 36.4 Å². The first-order valence-corrected chi connectivity index (χ1v) is 10.8. The Hall–Kier alpha value is -3.63. The molecule has 4 aromatic rings. The highest BCUT2D eigenvalue weighted by atomic mass is 35.5. The number of nitrogens with zero attached hydrogens (tertiary/aromatic N) is 4. The number of rotatable bonds is 6. The molecule has 0 fully saturated rings. The first-order chi connectivity index (χ1) is 15.5. The van der Waals surface area contributed by atoms with Gasteiger partial charge in [0.1, 0.15) is 0 Å². The molecule has 0 saturated heterocycles. The summed E-state index contributed by atoms with van der Waals surface area (Å²) in [6.07, 6.45) is 1.61. The summed E-state index contributed by atoms with van der Waals surface area (Å²) in [5, 5.41) is 9.75. The van der Waals surface area contributed by atoms with Gasteiger partial charge in [0.05, 0.1) is 16.7 Å². The Balaban J connectivity index is 1.51. The largest absolute Gasteiger partial charge is 0.272 e. The second-order valence-electron chi connectivity index (χ2n) is 6.64. The van der Waals surface area contributed by atoms with Gasteiger partial charge in [0.2, 0.25) is 11.7 Å². The van der Waals surface area contributed by atoms with Crippen molar-refractivity contribution in [3.8, 4) is 0 Å². The zero-order valence-corrected chi connectivity index (χ0v) is 18.2. The van der Waals surface area contributed by atoms with E-state index in [1.165, 1.54) is 4.57 Å². The molecule has 0 atom stereocenters. The summed E-state index contributed by atoms with van der Waals surface area (Å²) in [4.78, 5) is 37.2.